The van der Waals surface area contributed by atoms with E-state index in [2.05, 4.69) is 10.6 Å². The van der Waals surface area contributed by atoms with Crippen molar-refractivity contribution in [2.75, 3.05) is 26.2 Å². The quantitative estimate of drug-likeness (QED) is 0.712. The Labute approximate surface area is 86.6 Å². The van der Waals surface area contributed by atoms with E-state index >= 15 is 0 Å². The van der Waals surface area contributed by atoms with Crippen LogP contribution in [0.3, 0.4) is 0 Å². The molecule has 0 bridgehead atoms. The fourth-order valence-corrected chi connectivity index (χ4v) is 2.33. The van der Waals surface area contributed by atoms with Crippen LogP contribution in [0.1, 0.15) is 32.1 Å². The smallest absolute Gasteiger partial charge is 0.108 e. The van der Waals surface area contributed by atoms with E-state index in [0.717, 1.165) is 19.1 Å². The number of hydrogen-bond acceptors (Lipinski definition) is 3. The van der Waals surface area contributed by atoms with E-state index in [9.17, 15) is 0 Å². The lowest BCUT2D eigenvalue weighted by atomic mass is 10.0. The highest BCUT2D eigenvalue weighted by atomic mass is 16.5. The molecule has 3 heteroatoms. The summed E-state index contributed by atoms with van der Waals surface area (Å²) in [6.45, 7) is 4.49. The van der Waals surface area contributed by atoms with Crippen LogP contribution in [0.2, 0.25) is 0 Å². The van der Waals surface area contributed by atoms with Gasteiger partial charge in [-0.05, 0) is 51.1 Å². The molecule has 2 saturated heterocycles. The summed E-state index contributed by atoms with van der Waals surface area (Å²) in [5.74, 6) is 0.856. The second kappa shape index (κ2) is 5.69. The Morgan fingerprint density at radius 2 is 2.14 bits per heavy atom. The molecule has 0 saturated carbocycles. The fraction of sp³-hybridized carbons (Fsp3) is 1.00. The van der Waals surface area contributed by atoms with Gasteiger partial charge in [0, 0.05) is 13.2 Å². The molecular formula is C11H22N2O. The second-order valence-electron chi connectivity index (χ2n) is 4.46. The maximum Gasteiger partial charge on any atom is 0.108 e. The molecule has 0 aromatic heterocycles. The summed E-state index contributed by atoms with van der Waals surface area (Å²) in [7, 11) is 0. The van der Waals surface area contributed by atoms with Gasteiger partial charge in [0.05, 0.1) is 0 Å². The molecule has 2 fully saturated rings. The first kappa shape index (κ1) is 10.4. The molecule has 2 rings (SSSR count). The van der Waals surface area contributed by atoms with Gasteiger partial charge >= 0.3 is 0 Å². The van der Waals surface area contributed by atoms with Crippen molar-refractivity contribution in [1.29, 1.82) is 0 Å². The SMILES string of the molecule is C1CNCCC(CNC2CCCO2)C1. The lowest BCUT2D eigenvalue weighted by molar-refractivity contribution is 0.0798. The van der Waals surface area contributed by atoms with Crippen LogP contribution in [0, 0.1) is 5.92 Å². The Bertz CT molecular complexity index is 149. The fourth-order valence-electron chi connectivity index (χ4n) is 2.33. The molecule has 2 heterocycles. The lowest BCUT2D eigenvalue weighted by Crippen LogP contribution is -2.33. The average Bonchev–Trinajstić information content (AvgIpc) is 2.58. The van der Waals surface area contributed by atoms with E-state index in [-0.39, 0.29) is 0 Å². The van der Waals surface area contributed by atoms with Crippen LogP contribution in [0.4, 0.5) is 0 Å². The lowest BCUT2D eigenvalue weighted by Gasteiger charge is -2.18. The van der Waals surface area contributed by atoms with E-state index < -0.39 is 0 Å². The summed E-state index contributed by atoms with van der Waals surface area (Å²) in [5.41, 5.74) is 0. The first-order valence-electron chi connectivity index (χ1n) is 6.01. The van der Waals surface area contributed by atoms with Gasteiger partial charge in [0.1, 0.15) is 6.23 Å². The maximum atomic E-state index is 5.55. The van der Waals surface area contributed by atoms with Gasteiger partial charge in [-0.25, -0.2) is 0 Å². The topological polar surface area (TPSA) is 33.3 Å². The summed E-state index contributed by atoms with van der Waals surface area (Å²) < 4.78 is 5.55. The first-order chi connectivity index (χ1) is 6.95. The van der Waals surface area contributed by atoms with Crippen LogP contribution in [-0.2, 0) is 4.74 Å². The Balaban J connectivity index is 1.62. The average molecular weight is 198 g/mol. The van der Waals surface area contributed by atoms with Gasteiger partial charge in [-0.3, -0.25) is 5.32 Å². The molecule has 0 amide bonds. The van der Waals surface area contributed by atoms with Crippen molar-refractivity contribution in [3.63, 3.8) is 0 Å². The van der Waals surface area contributed by atoms with Gasteiger partial charge in [0.15, 0.2) is 0 Å². The Kier molecular flexibility index (Phi) is 4.22. The second-order valence-corrected chi connectivity index (χ2v) is 4.46. The van der Waals surface area contributed by atoms with Crippen molar-refractivity contribution in [3.8, 4) is 0 Å². The van der Waals surface area contributed by atoms with Crippen LogP contribution in [0.25, 0.3) is 0 Å². The third-order valence-corrected chi connectivity index (χ3v) is 3.26. The minimum absolute atomic E-state index is 0.353. The zero-order chi connectivity index (χ0) is 9.64. The van der Waals surface area contributed by atoms with Crippen molar-refractivity contribution in [1.82, 2.24) is 10.6 Å². The number of nitrogens with one attached hydrogen (secondary N) is 2. The molecule has 82 valence electrons. The van der Waals surface area contributed by atoms with Crippen LogP contribution in [0.15, 0.2) is 0 Å². The number of rotatable bonds is 3. The van der Waals surface area contributed by atoms with E-state index in [1.54, 1.807) is 0 Å². The Morgan fingerprint density at radius 1 is 1.14 bits per heavy atom. The highest BCUT2D eigenvalue weighted by Crippen LogP contribution is 2.14. The van der Waals surface area contributed by atoms with E-state index in [1.807, 2.05) is 0 Å². The number of ether oxygens (including phenoxy) is 1. The molecule has 3 nitrogen and oxygen atoms in total. The zero-order valence-corrected chi connectivity index (χ0v) is 8.93. The molecular weight excluding hydrogens is 176 g/mol. The summed E-state index contributed by atoms with van der Waals surface area (Å²) >= 11 is 0. The van der Waals surface area contributed by atoms with Crippen molar-refractivity contribution in [2.45, 2.75) is 38.3 Å². The molecule has 2 aliphatic heterocycles. The van der Waals surface area contributed by atoms with Crippen molar-refractivity contribution < 1.29 is 4.74 Å². The summed E-state index contributed by atoms with van der Waals surface area (Å²) in [5, 5.41) is 6.98. The molecule has 0 spiro atoms. The summed E-state index contributed by atoms with van der Waals surface area (Å²) in [6, 6.07) is 0. The molecule has 0 aromatic carbocycles. The van der Waals surface area contributed by atoms with Gasteiger partial charge in [-0.1, -0.05) is 0 Å². The monoisotopic (exact) mass is 198 g/mol. The predicted molar refractivity (Wildman–Crippen MR) is 57.2 cm³/mol. The summed E-state index contributed by atoms with van der Waals surface area (Å²) in [6.07, 6.45) is 6.80. The van der Waals surface area contributed by atoms with Gasteiger partial charge in [-0.2, -0.15) is 0 Å². The van der Waals surface area contributed by atoms with Crippen LogP contribution in [0.5, 0.6) is 0 Å². The van der Waals surface area contributed by atoms with Crippen molar-refractivity contribution in [2.24, 2.45) is 5.92 Å². The van der Waals surface area contributed by atoms with Gasteiger partial charge < -0.3 is 10.1 Å². The predicted octanol–water partition coefficient (Wildman–Crippen LogP) is 1.10. The van der Waals surface area contributed by atoms with Crippen molar-refractivity contribution in [3.05, 3.63) is 0 Å². The molecule has 0 aromatic rings. The third kappa shape index (κ3) is 3.23. The largest absolute Gasteiger partial charge is 0.363 e. The summed E-state index contributed by atoms with van der Waals surface area (Å²) in [4.78, 5) is 0. The van der Waals surface area contributed by atoms with Crippen LogP contribution < -0.4 is 10.6 Å². The minimum atomic E-state index is 0.353. The zero-order valence-electron chi connectivity index (χ0n) is 8.93. The normalized spacial score (nSPS) is 34.3. The molecule has 2 N–H and O–H groups in total. The molecule has 14 heavy (non-hydrogen) atoms. The van der Waals surface area contributed by atoms with E-state index in [0.29, 0.717) is 6.23 Å². The Hall–Kier alpha value is -0.120. The molecule has 2 unspecified atom stereocenters. The van der Waals surface area contributed by atoms with Crippen LogP contribution in [-0.4, -0.2) is 32.5 Å². The molecule has 0 aliphatic carbocycles. The third-order valence-electron chi connectivity index (χ3n) is 3.26. The van der Waals surface area contributed by atoms with Gasteiger partial charge in [-0.15, -0.1) is 0 Å². The van der Waals surface area contributed by atoms with E-state index in [1.165, 1.54) is 45.2 Å². The highest BCUT2D eigenvalue weighted by Gasteiger charge is 2.17. The molecule has 2 atom stereocenters. The van der Waals surface area contributed by atoms with Crippen LogP contribution >= 0.6 is 0 Å². The highest BCUT2D eigenvalue weighted by molar-refractivity contribution is 4.71. The maximum absolute atomic E-state index is 5.55. The minimum Gasteiger partial charge on any atom is -0.363 e. The Morgan fingerprint density at radius 3 is 3.00 bits per heavy atom. The van der Waals surface area contributed by atoms with Crippen molar-refractivity contribution >= 4 is 0 Å². The van der Waals surface area contributed by atoms with E-state index in [4.69, 9.17) is 4.74 Å². The first-order valence-corrected chi connectivity index (χ1v) is 6.01. The molecule has 0 radical (unpaired) electrons. The molecule has 2 aliphatic rings. The standard InChI is InChI=1S/C11H22N2O/c1-3-10(5-7-12-6-1)9-13-11-4-2-8-14-11/h10-13H,1-9H2. The van der Waals surface area contributed by atoms with Gasteiger partial charge in [0.25, 0.3) is 0 Å². The van der Waals surface area contributed by atoms with Gasteiger partial charge in [0.2, 0.25) is 0 Å². The number of hydrogen-bond donors (Lipinski definition) is 2.